The second-order valence-corrected chi connectivity index (χ2v) is 4.68. The summed E-state index contributed by atoms with van der Waals surface area (Å²) < 4.78 is 1.87. The highest BCUT2D eigenvalue weighted by Gasteiger charge is 2.05. The van der Waals surface area contributed by atoms with Crippen molar-refractivity contribution in [1.29, 1.82) is 0 Å². The standard InChI is InChI=1S/C13H12ClN5/c1-9-5-12-17-18-13(19(12)8-16-9)7-15-11-4-2-3-10(14)6-11/h2-6,8,15H,7H2,1H3. The van der Waals surface area contributed by atoms with Gasteiger partial charge in [0.05, 0.1) is 6.54 Å². The topological polar surface area (TPSA) is 55.1 Å². The smallest absolute Gasteiger partial charge is 0.163 e. The lowest BCUT2D eigenvalue weighted by Crippen LogP contribution is -2.04. The van der Waals surface area contributed by atoms with Crippen LogP contribution in [0.2, 0.25) is 5.02 Å². The number of aromatic nitrogens is 4. The van der Waals surface area contributed by atoms with Crippen LogP contribution in [0, 0.1) is 6.92 Å². The zero-order valence-electron chi connectivity index (χ0n) is 10.3. The number of rotatable bonds is 3. The van der Waals surface area contributed by atoms with E-state index in [1.807, 2.05) is 41.7 Å². The van der Waals surface area contributed by atoms with E-state index < -0.39 is 0 Å². The zero-order valence-corrected chi connectivity index (χ0v) is 11.1. The third kappa shape index (κ3) is 2.51. The van der Waals surface area contributed by atoms with E-state index in [0.717, 1.165) is 22.9 Å². The molecule has 3 rings (SSSR count). The number of nitrogens with zero attached hydrogens (tertiary/aromatic N) is 4. The van der Waals surface area contributed by atoms with Gasteiger partial charge in [-0.3, -0.25) is 4.40 Å². The van der Waals surface area contributed by atoms with Crippen LogP contribution in [0.4, 0.5) is 5.69 Å². The molecule has 5 nitrogen and oxygen atoms in total. The van der Waals surface area contributed by atoms with E-state index in [4.69, 9.17) is 11.6 Å². The molecule has 0 amide bonds. The first-order valence-electron chi connectivity index (χ1n) is 5.88. The first kappa shape index (κ1) is 11.9. The molecule has 2 heterocycles. The Kier molecular flexibility index (Phi) is 3.05. The molecule has 0 bridgehead atoms. The predicted molar refractivity (Wildman–Crippen MR) is 74.3 cm³/mol. The molecule has 0 aliphatic heterocycles. The van der Waals surface area contributed by atoms with Crippen LogP contribution in [0.5, 0.6) is 0 Å². The van der Waals surface area contributed by atoms with Gasteiger partial charge in [-0.05, 0) is 25.1 Å². The minimum Gasteiger partial charge on any atom is -0.378 e. The van der Waals surface area contributed by atoms with E-state index in [2.05, 4.69) is 20.5 Å². The summed E-state index contributed by atoms with van der Waals surface area (Å²) in [7, 11) is 0. The molecule has 0 unspecified atom stereocenters. The second kappa shape index (κ2) is 4.85. The van der Waals surface area contributed by atoms with Gasteiger partial charge in [-0.1, -0.05) is 17.7 Å². The fraction of sp³-hybridized carbons (Fsp3) is 0.154. The van der Waals surface area contributed by atoms with Crippen molar-refractivity contribution >= 4 is 22.9 Å². The summed E-state index contributed by atoms with van der Waals surface area (Å²) in [6.45, 7) is 2.49. The minimum atomic E-state index is 0.562. The molecule has 0 fully saturated rings. The average molecular weight is 274 g/mol. The lowest BCUT2D eigenvalue weighted by atomic mass is 10.3. The van der Waals surface area contributed by atoms with Crippen molar-refractivity contribution < 1.29 is 0 Å². The molecule has 3 aromatic rings. The summed E-state index contributed by atoms with van der Waals surface area (Å²) in [6.07, 6.45) is 1.74. The third-order valence-electron chi connectivity index (χ3n) is 2.78. The van der Waals surface area contributed by atoms with Gasteiger partial charge in [-0.2, -0.15) is 0 Å². The molecule has 2 aromatic heterocycles. The second-order valence-electron chi connectivity index (χ2n) is 4.24. The summed E-state index contributed by atoms with van der Waals surface area (Å²) in [5, 5.41) is 12.2. The van der Waals surface area contributed by atoms with Gasteiger partial charge in [-0.25, -0.2) is 4.98 Å². The Morgan fingerprint density at radius 3 is 3.00 bits per heavy atom. The molecule has 0 radical (unpaired) electrons. The van der Waals surface area contributed by atoms with E-state index in [-0.39, 0.29) is 0 Å². The molecular weight excluding hydrogens is 262 g/mol. The van der Waals surface area contributed by atoms with Crippen LogP contribution in [-0.4, -0.2) is 19.6 Å². The van der Waals surface area contributed by atoms with Gasteiger partial charge in [-0.15, -0.1) is 10.2 Å². The molecule has 96 valence electrons. The maximum Gasteiger partial charge on any atom is 0.163 e. The van der Waals surface area contributed by atoms with Gasteiger partial charge in [0.2, 0.25) is 0 Å². The van der Waals surface area contributed by atoms with Crippen LogP contribution >= 0.6 is 11.6 Å². The predicted octanol–water partition coefficient (Wildman–Crippen LogP) is 2.70. The van der Waals surface area contributed by atoms with Crippen molar-refractivity contribution in [1.82, 2.24) is 19.6 Å². The minimum absolute atomic E-state index is 0.562. The molecule has 0 saturated carbocycles. The Hall–Kier alpha value is -2.14. The number of aryl methyl sites for hydroxylation is 1. The average Bonchev–Trinajstić information content (AvgIpc) is 2.78. The van der Waals surface area contributed by atoms with Crippen molar-refractivity contribution in [3.8, 4) is 0 Å². The Balaban J connectivity index is 1.82. The van der Waals surface area contributed by atoms with Crippen LogP contribution < -0.4 is 5.32 Å². The van der Waals surface area contributed by atoms with Gasteiger partial charge in [0.25, 0.3) is 0 Å². The Morgan fingerprint density at radius 1 is 1.26 bits per heavy atom. The summed E-state index contributed by atoms with van der Waals surface area (Å²) in [5.41, 5.74) is 2.67. The Labute approximate surface area is 115 Å². The summed E-state index contributed by atoms with van der Waals surface area (Å²) in [5.74, 6) is 0.808. The number of benzene rings is 1. The van der Waals surface area contributed by atoms with Crippen molar-refractivity contribution in [2.45, 2.75) is 13.5 Å². The number of fused-ring (bicyclic) bond motifs is 1. The molecule has 0 spiro atoms. The van der Waals surface area contributed by atoms with Crippen molar-refractivity contribution in [3.63, 3.8) is 0 Å². The quantitative estimate of drug-likeness (QED) is 0.797. The highest BCUT2D eigenvalue weighted by atomic mass is 35.5. The molecule has 6 heteroatoms. The number of hydrogen-bond donors (Lipinski definition) is 1. The molecule has 1 aromatic carbocycles. The molecule has 0 atom stereocenters. The third-order valence-corrected chi connectivity index (χ3v) is 3.02. The molecule has 0 saturated heterocycles. The van der Waals surface area contributed by atoms with Crippen LogP contribution in [0.15, 0.2) is 36.7 Å². The normalized spacial score (nSPS) is 10.8. The Bertz CT molecular complexity index is 722. The molecule has 0 aliphatic carbocycles. The largest absolute Gasteiger partial charge is 0.378 e. The van der Waals surface area contributed by atoms with Crippen LogP contribution in [0.25, 0.3) is 5.65 Å². The molecule has 0 aliphatic rings. The van der Waals surface area contributed by atoms with Gasteiger partial charge >= 0.3 is 0 Å². The van der Waals surface area contributed by atoms with E-state index >= 15 is 0 Å². The van der Waals surface area contributed by atoms with Crippen LogP contribution in [-0.2, 0) is 6.54 Å². The Morgan fingerprint density at radius 2 is 2.16 bits per heavy atom. The van der Waals surface area contributed by atoms with E-state index in [9.17, 15) is 0 Å². The monoisotopic (exact) mass is 273 g/mol. The van der Waals surface area contributed by atoms with Gasteiger partial charge < -0.3 is 5.32 Å². The zero-order chi connectivity index (χ0) is 13.2. The summed E-state index contributed by atoms with van der Waals surface area (Å²) in [4.78, 5) is 4.24. The maximum atomic E-state index is 5.93. The van der Waals surface area contributed by atoms with E-state index in [1.54, 1.807) is 6.33 Å². The number of anilines is 1. The fourth-order valence-electron chi connectivity index (χ4n) is 1.83. The van der Waals surface area contributed by atoms with Crippen molar-refractivity contribution in [3.05, 3.63) is 53.2 Å². The SMILES string of the molecule is Cc1cc2nnc(CNc3cccc(Cl)c3)n2cn1. The van der Waals surface area contributed by atoms with Crippen molar-refractivity contribution in [2.24, 2.45) is 0 Å². The maximum absolute atomic E-state index is 5.93. The van der Waals surface area contributed by atoms with Gasteiger partial charge in [0, 0.05) is 22.5 Å². The van der Waals surface area contributed by atoms with E-state index in [1.165, 1.54) is 0 Å². The highest BCUT2D eigenvalue weighted by Crippen LogP contribution is 2.15. The number of halogens is 1. The van der Waals surface area contributed by atoms with Crippen LogP contribution in [0.1, 0.15) is 11.5 Å². The van der Waals surface area contributed by atoms with Gasteiger partial charge in [0.15, 0.2) is 11.5 Å². The summed E-state index contributed by atoms with van der Waals surface area (Å²) in [6, 6.07) is 9.46. The number of nitrogens with one attached hydrogen (secondary N) is 1. The number of hydrogen-bond acceptors (Lipinski definition) is 4. The molecular formula is C13H12ClN5. The van der Waals surface area contributed by atoms with Crippen LogP contribution in [0.3, 0.4) is 0 Å². The lowest BCUT2D eigenvalue weighted by molar-refractivity contribution is 0.900. The molecule has 19 heavy (non-hydrogen) atoms. The fourth-order valence-corrected chi connectivity index (χ4v) is 2.03. The first-order chi connectivity index (χ1) is 9.22. The lowest BCUT2D eigenvalue weighted by Gasteiger charge is -2.05. The molecule has 1 N–H and O–H groups in total. The van der Waals surface area contributed by atoms with Gasteiger partial charge in [0.1, 0.15) is 6.33 Å². The van der Waals surface area contributed by atoms with Crippen molar-refractivity contribution in [2.75, 3.05) is 5.32 Å². The first-order valence-corrected chi connectivity index (χ1v) is 6.26. The van der Waals surface area contributed by atoms with E-state index in [0.29, 0.717) is 11.6 Å². The highest BCUT2D eigenvalue weighted by molar-refractivity contribution is 6.30. The summed E-state index contributed by atoms with van der Waals surface area (Å²) >= 11 is 5.93.